The summed E-state index contributed by atoms with van der Waals surface area (Å²) in [6.45, 7) is 7.65. The number of anilines is 1. The molecule has 0 aliphatic heterocycles. The molecule has 11 heteroatoms. The smallest absolute Gasteiger partial charge is 0.281 e. The second-order valence-corrected chi connectivity index (χ2v) is 10.1. The van der Waals surface area contributed by atoms with E-state index in [-0.39, 0.29) is 22.3 Å². The second kappa shape index (κ2) is 9.42. The molecule has 0 bridgehead atoms. The minimum absolute atomic E-state index is 0.0116. The van der Waals surface area contributed by atoms with Crippen molar-refractivity contribution in [1.29, 1.82) is 0 Å². The number of pyridine rings is 2. The molecule has 0 atom stereocenters. The van der Waals surface area contributed by atoms with Crippen LogP contribution in [0.25, 0.3) is 11.3 Å². The summed E-state index contributed by atoms with van der Waals surface area (Å²) in [4.78, 5) is 21.6. The Bertz CT molecular complexity index is 1570. The number of nitrogens with one attached hydrogen (secondary N) is 1. The first-order valence-corrected chi connectivity index (χ1v) is 12.5. The van der Waals surface area contributed by atoms with Crippen LogP contribution in [0.5, 0.6) is 11.6 Å². The van der Waals surface area contributed by atoms with Crippen LogP contribution in [0, 0.1) is 27.7 Å². The van der Waals surface area contributed by atoms with Crippen molar-refractivity contribution in [2.45, 2.75) is 32.7 Å². The summed E-state index contributed by atoms with van der Waals surface area (Å²) in [6, 6.07) is 11.1. The van der Waals surface area contributed by atoms with Crippen LogP contribution in [0.3, 0.4) is 0 Å². The maximum absolute atomic E-state index is 13.2. The Balaban J connectivity index is 1.79. The predicted molar refractivity (Wildman–Crippen MR) is 135 cm³/mol. The molecule has 3 N–H and O–H groups in total. The third kappa shape index (κ3) is 4.91. The van der Waals surface area contributed by atoms with Gasteiger partial charge in [0.1, 0.15) is 17.1 Å². The van der Waals surface area contributed by atoms with Crippen molar-refractivity contribution < 1.29 is 17.9 Å². The molecule has 1 amide bonds. The van der Waals surface area contributed by atoms with Gasteiger partial charge in [-0.1, -0.05) is 23.8 Å². The van der Waals surface area contributed by atoms with Crippen molar-refractivity contribution in [3.8, 4) is 22.9 Å². The van der Waals surface area contributed by atoms with E-state index in [0.717, 1.165) is 27.9 Å². The normalized spacial score (nSPS) is 11.4. The van der Waals surface area contributed by atoms with Crippen LogP contribution >= 0.6 is 0 Å². The molecule has 3 aromatic heterocycles. The van der Waals surface area contributed by atoms with Crippen LogP contribution in [0.4, 0.5) is 5.82 Å². The highest BCUT2D eigenvalue weighted by molar-refractivity contribution is 7.90. The van der Waals surface area contributed by atoms with Crippen molar-refractivity contribution in [2.75, 3.05) is 5.73 Å². The SMILES string of the molecule is Cc1cc(C)c(Oc2nc(-c3cnn(C)c3C)ccc2C(=O)NS(=O)(=O)c2cccc(N)n2)c(C)c1. The van der Waals surface area contributed by atoms with E-state index in [1.54, 1.807) is 16.9 Å². The van der Waals surface area contributed by atoms with Gasteiger partial charge in [-0.15, -0.1) is 0 Å². The van der Waals surface area contributed by atoms with E-state index < -0.39 is 15.9 Å². The van der Waals surface area contributed by atoms with Crippen molar-refractivity contribution in [2.24, 2.45) is 7.05 Å². The zero-order chi connectivity index (χ0) is 26.2. The Morgan fingerprint density at radius 2 is 1.72 bits per heavy atom. The summed E-state index contributed by atoms with van der Waals surface area (Å²) in [5.74, 6) is -0.419. The Morgan fingerprint density at radius 3 is 2.33 bits per heavy atom. The number of benzene rings is 1. The minimum atomic E-state index is -4.29. The number of ether oxygens (including phenoxy) is 1. The van der Waals surface area contributed by atoms with E-state index in [4.69, 9.17) is 10.5 Å². The molecule has 0 aliphatic carbocycles. The Hall–Kier alpha value is -4.25. The molecule has 0 saturated carbocycles. The third-order valence-corrected chi connectivity index (χ3v) is 6.90. The Kier molecular flexibility index (Phi) is 6.51. The fourth-order valence-electron chi connectivity index (χ4n) is 3.83. The molecule has 1 aromatic carbocycles. The highest BCUT2D eigenvalue weighted by Gasteiger charge is 2.25. The van der Waals surface area contributed by atoms with Crippen LogP contribution in [-0.4, -0.2) is 34.1 Å². The van der Waals surface area contributed by atoms with Gasteiger partial charge in [-0.3, -0.25) is 9.48 Å². The number of carbonyl (C=O) groups excluding carboxylic acids is 1. The number of nitrogens with zero attached hydrogens (tertiary/aromatic N) is 4. The van der Waals surface area contributed by atoms with Crippen LogP contribution < -0.4 is 15.2 Å². The van der Waals surface area contributed by atoms with Crippen LogP contribution in [0.1, 0.15) is 32.7 Å². The number of nitrogen functional groups attached to an aromatic ring is 1. The van der Waals surface area contributed by atoms with E-state index in [2.05, 4.69) is 15.1 Å². The fraction of sp³-hybridized carbons (Fsp3) is 0.200. The average Bonchev–Trinajstić information content (AvgIpc) is 3.14. The number of sulfonamides is 1. The van der Waals surface area contributed by atoms with Gasteiger partial charge < -0.3 is 10.5 Å². The molecule has 0 radical (unpaired) electrons. The molecule has 0 fully saturated rings. The molecule has 4 rings (SSSR count). The summed E-state index contributed by atoms with van der Waals surface area (Å²) in [5, 5.41) is 3.88. The molecule has 186 valence electrons. The molecule has 4 aromatic rings. The Labute approximate surface area is 209 Å². The van der Waals surface area contributed by atoms with Gasteiger partial charge in [-0.25, -0.2) is 14.7 Å². The number of amides is 1. The van der Waals surface area contributed by atoms with Crippen molar-refractivity contribution in [1.82, 2.24) is 24.5 Å². The van der Waals surface area contributed by atoms with Gasteiger partial charge in [0.05, 0.1) is 11.9 Å². The number of aryl methyl sites for hydroxylation is 4. The van der Waals surface area contributed by atoms with Crippen LogP contribution in [0.2, 0.25) is 0 Å². The number of nitrogens with two attached hydrogens (primary N) is 1. The van der Waals surface area contributed by atoms with Crippen LogP contribution in [0.15, 0.2) is 53.7 Å². The van der Waals surface area contributed by atoms with Gasteiger partial charge in [0, 0.05) is 18.3 Å². The lowest BCUT2D eigenvalue weighted by atomic mass is 10.1. The summed E-state index contributed by atoms with van der Waals surface area (Å²) in [5.41, 5.74) is 10.4. The van der Waals surface area contributed by atoms with Gasteiger partial charge in [-0.05, 0) is 63.1 Å². The average molecular weight is 507 g/mol. The first kappa shape index (κ1) is 24.9. The number of hydrogen-bond donors (Lipinski definition) is 2. The predicted octanol–water partition coefficient (Wildman–Crippen LogP) is 3.60. The van der Waals surface area contributed by atoms with E-state index in [0.29, 0.717) is 11.4 Å². The lowest BCUT2D eigenvalue weighted by Gasteiger charge is -2.16. The van der Waals surface area contributed by atoms with E-state index in [9.17, 15) is 13.2 Å². The largest absolute Gasteiger partial charge is 0.438 e. The molecule has 0 unspecified atom stereocenters. The lowest BCUT2D eigenvalue weighted by Crippen LogP contribution is -2.31. The molecule has 3 heterocycles. The molecule has 0 saturated heterocycles. The topological polar surface area (TPSA) is 142 Å². The summed E-state index contributed by atoms with van der Waals surface area (Å²) >= 11 is 0. The van der Waals surface area contributed by atoms with Gasteiger partial charge in [0.2, 0.25) is 5.88 Å². The van der Waals surface area contributed by atoms with Gasteiger partial charge in [0.25, 0.3) is 15.9 Å². The zero-order valence-electron chi connectivity index (χ0n) is 20.5. The van der Waals surface area contributed by atoms with E-state index >= 15 is 0 Å². The zero-order valence-corrected chi connectivity index (χ0v) is 21.3. The minimum Gasteiger partial charge on any atom is -0.438 e. The maximum atomic E-state index is 13.2. The fourth-order valence-corrected chi connectivity index (χ4v) is 4.77. The quantitative estimate of drug-likeness (QED) is 0.404. The first-order chi connectivity index (χ1) is 17.0. The molecule has 36 heavy (non-hydrogen) atoms. The highest BCUT2D eigenvalue weighted by atomic mass is 32.2. The Morgan fingerprint density at radius 1 is 1.03 bits per heavy atom. The van der Waals surface area contributed by atoms with E-state index in [1.165, 1.54) is 24.3 Å². The number of carbonyl (C=O) groups is 1. The molecule has 10 nitrogen and oxygen atoms in total. The van der Waals surface area contributed by atoms with Crippen molar-refractivity contribution >= 4 is 21.7 Å². The van der Waals surface area contributed by atoms with Crippen molar-refractivity contribution in [3.05, 3.63) is 76.6 Å². The van der Waals surface area contributed by atoms with Crippen molar-refractivity contribution in [3.63, 3.8) is 0 Å². The molecular formula is C25H26N6O4S. The second-order valence-electron chi connectivity index (χ2n) is 8.48. The molecule has 0 aliphatic rings. The standard InChI is InChI=1S/C25H26N6O4S/c1-14-11-15(2)23(16(3)12-14)35-25-18(9-10-20(28-25)19-13-27-31(5)17(19)4)24(32)30-36(33,34)22-8-6-7-21(26)29-22/h6-13H,1-5H3,(H2,26,29)(H,30,32). The maximum Gasteiger partial charge on any atom is 0.281 e. The lowest BCUT2D eigenvalue weighted by molar-refractivity contribution is 0.0978. The summed E-state index contributed by atoms with van der Waals surface area (Å²) in [7, 11) is -2.48. The number of rotatable bonds is 6. The summed E-state index contributed by atoms with van der Waals surface area (Å²) < 4.78 is 35.5. The molecular weight excluding hydrogens is 480 g/mol. The highest BCUT2D eigenvalue weighted by Crippen LogP contribution is 2.33. The van der Waals surface area contributed by atoms with Gasteiger partial charge in [0.15, 0.2) is 5.03 Å². The number of hydrogen-bond acceptors (Lipinski definition) is 8. The van der Waals surface area contributed by atoms with E-state index in [1.807, 2.05) is 51.6 Å². The molecule has 0 spiro atoms. The van der Waals surface area contributed by atoms with Gasteiger partial charge in [-0.2, -0.15) is 13.5 Å². The summed E-state index contributed by atoms with van der Waals surface area (Å²) in [6.07, 6.45) is 1.67. The van der Waals surface area contributed by atoms with Crippen LogP contribution in [-0.2, 0) is 17.1 Å². The first-order valence-electron chi connectivity index (χ1n) is 11.0. The number of aromatic nitrogens is 4. The van der Waals surface area contributed by atoms with Gasteiger partial charge >= 0.3 is 0 Å². The third-order valence-electron chi connectivity index (χ3n) is 5.67. The monoisotopic (exact) mass is 506 g/mol.